The maximum absolute atomic E-state index is 11.7. The van der Waals surface area contributed by atoms with Crippen LogP contribution >= 0.6 is 12.2 Å². The van der Waals surface area contributed by atoms with Crippen LogP contribution in [0.1, 0.15) is 29.8 Å². The third-order valence-electron chi connectivity index (χ3n) is 5.09. The second-order valence-electron chi connectivity index (χ2n) is 6.83. The smallest absolute Gasteiger partial charge is 0.307 e. The highest BCUT2D eigenvalue weighted by Crippen LogP contribution is 2.38. The number of nitrogens with zero attached hydrogens (tertiary/aromatic N) is 3. The highest BCUT2D eigenvalue weighted by molar-refractivity contribution is 7.80. The zero-order chi connectivity index (χ0) is 20.2. The Morgan fingerprint density at radius 1 is 1.17 bits per heavy atom. The van der Waals surface area contributed by atoms with E-state index in [1.807, 2.05) is 42.6 Å². The van der Waals surface area contributed by atoms with Crippen molar-refractivity contribution in [1.82, 2.24) is 19.8 Å². The van der Waals surface area contributed by atoms with Crippen molar-refractivity contribution in [2.24, 2.45) is 0 Å². The first-order valence-corrected chi connectivity index (χ1v) is 9.86. The highest BCUT2D eigenvalue weighted by atomic mass is 32.1. The summed E-state index contributed by atoms with van der Waals surface area (Å²) in [5.74, 6) is -0.255. The topological polar surface area (TPSA) is 59.4 Å². The number of benzene rings is 1. The van der Waals surface area contributed by atoms with E-state index in [1.54, 1.807) is 6.20 Å². The maximum atomic E-state index is 11.7. The maximum Gasteiger partial charge on any atom is 0.307 e. The molecule has 1 N–H and O–H groups in total. The van der Waals surface area contributed by atoms with Crippen LogP contribution in [0.25, 0.3) is 5.69 Å². The van der Waals surface area contributed by atoms with Crippen LogP contribution in [-0.4, -0.2) is 39.2 Å². The Balaban J connectivity index is 1.68. The molecule has 0 amide bonds. The molecule has 0 spiro atoms. The SMILES string of the molecule is COC(=O)CCN1C(=S)N[C@@H](c2ccccn2)[C@H]1c1ccn(-c2ccccc2)c1. The number of carbonyl (C=O) groups excluding carboxylic acids is 1. The van der Waals surface area contributed by atoms with Gasteiger partial charge in [0.1, 0.15) is 0 Å². The van der Waals surface area contributed by atoms with E-state index in [9.17, 15) is 4.79 Å². The van der Waals surface area contributed by atoms with Gasteiger partial charge in [-0.2, -0.15) is 0 Å². The molecule has 1 aliphatic heterocycles. The Kier molecular flexibility index (Phi) is 5.57. The minimum absolute atomic E-state index is 0.0768. The fraction of sp³-hybridized carbons (Fsp3) is 0.227. The normalized spacial score (nSPS) is 18.5. The zero-order valence-electron chi connectivity index (χ0n) is 16.1. The molecular formula is C22H22N4O2S. The van der Waals surface area contributed by atoms with Gasteiger partial charge in [-0.1, -0.05) is 24.3 Å². The number of esters is 1. The molecule has 0 bridgehead atoms. The Morgan fingerprint density at radius 2 is 1.97 bits per heavy atom. The van der Waals surface area contributed by atoms with Gasteiger partial charge in [0.05, 0.1) is 31.3 Å². The summed E-state index contributed by atoms with van der Waals surface area (Å²) in [6, 6.07) is 17.9. The van der Waals surface area contributed by atoms with Crippen LogP contribution in [0.3, 0.4) is 0 Å². The minimum atomic E-state index is -0.255. The summed E-state index contributed by atoms with van der Waals surface area (Å²) in [6.45, 7) is 0.475. The van der Waals surface area contributed by atoms with E-state index in [1.165, 1.54) is 7.11 Å². The third-order valence-corrected chi connectivity index (χ3v) is 5.45. The van der Waals surface area contributed by atoms with Crippen molar-refractivity contribution in [3.63, 3.8) is 0 Å². The van der Waals surface area contributed by atoms with E-state index in [4.69, 9.17) is 17.0 Å². The van der Waals surface area contributed by atoms with E-state index in [0.29, 0.717) is 11.7 Å². The molecule has 1 saturated heterocycles. The third kappa shape index (κ3) is 4.00. The average Bonchev–Trinajstić information content (AvgIpc) is 3.38. The van der Waals surface area contributed by atoms with E-state index >= 15 is 0 Å². The van der Waals surface area contributed by atoms with E-state index in [2.05, 4.69) is 44.2 Å². The number of hydrogen-bond donors (Lipinski definition) is 1. The summed E-state index contributed by atoms with van der Waals surface area (Å²) in [7, 11) is 1.40. The summed E-state index contributed by atoms with van der Waals surface area (Å²) >= 11 is 5.61. The Hall–Kier alpha value is -3.19. The number of thiocarbonyl (C=S) groups is 1. The number of nitrogens with one attached hydrogen (secondary N) is 1. The Bertz CT molecular complexity index is 990. The molecule has 3 aromatic rings. The number of pyridine rings is 1. The molecule has 0 radical (unpaired) electrons. The van der Waals surface area contributed by atoms with Gasteiger partial charge < -0.3 is 19.5 Å². The van der Waals surface area contributed by atoms with Crippen molar-refractivity contribution in [1.29, 1.82) is 0 Å². The van der Waals surface area contributed by atoms with Crippen molar-refractivity contribution in [2.45, 2.75) is 18.5 Å². The van der Waals surface area contributed by atoms with E-state index in [-0.39, 0.29) is 24.5 Å². The lowest BCUT2D eigenvalue weighted by Gasteiger charge is -2.26. The lowest BCUT2D eigenvalue weighted by atomic mass is 9.99. The van der Waals surface area contributed by atoms with Crippen LogP contribution in [0.15, 0.2) is 73.2 Å². The standard InChI is InChI=1S/C22H22N4O2S/c1-28-19(27)11-14-26-21(20(24-22(26)29)18-9-5-6-12-23-18)16-10-13-25(15-16)17-7-3-2-4-8-17/h2-10,12-13,15,20-21H,11,14H2,1H3,(H,24,29)/t20-,21+/m0/s1. The van der Waals surface area contributed by atoms with Gasteiger partial charge in [-0.05, 0) is 48.1 Å². The van der Waals surface area contributed by atoms with E-state index in [0.717, 1.165) is 16.9 Å². The molecule has 0 unspecified atom stereocenters. The Morgan fingerprint density at radius 3 is 2.69 bits per heavy atom. The molecule has 4 rings (SSSR count). The second-order valence-corrected chi connectivity index (χ2v) is 7.22. The molecule has 7 heteroatoms. The van der Waals surface area contributed by atoms with E-state index < -0.39 is 0 Å². The molecule has 0 aliphatic carbocycles. The molecule has 2 atom stereocenters. The fourth-order valence-electron chi connectivity index (χ4n) is 3.67. The Labute approximate surface area is 175 Å². The predicted octanol–water partition coefficient (Wildman–Crippen LogP) is 3.41. The van der Waals surface area contributed by atoms with Gasteiger partial charge in [0, 0.05) is 30.8 Å². The predicted molar refractivity (Wildman–Crippen MR) is 115 cm³/mol. The van der Waals surface area contributed by atoms with Gasteiger partial charge in [-0.3, -0.25) is 9.78 Å². The van der Waals surface area contributed by atoms with Crippen molar-refractivity contribution < 1.29 is 9.53 Å². The number of para-hydroxylation sites is 1. The van der Waals surface area contributed by atoms with Gasteiger partial charge in [0.25, 0.3) is 0 Å². The fourth-order valence-corrected chi connectivity index (χ4v) is 4.00. The monoisotopic (exact) mass is 406 g/mol. The van der Waals surface area contributed by atoms with Crippen LogP contribution in [0.4, 0.5) is 0 Å². The van der Waals surface area contributed by atoms with Crippen molar-refractivity contribution in [3.8, 4) is 5.69 Å². The number of methoxy groups -OCH3 is 1. The van der Waals surface area contributed by atoms with Crippen LogP contribution in [0.2, 0.25) is 0 Å². The van der Waals surface area contributed by atoms with Gasteiger partial charge in [0.15, 0.2) is 5.11 Å². The quantitative estimate of drug-likeness (QED) is 0.500. The van der Waals surface area contributed by atoms with Gasteiger partial charge in [-0.15, -0.1) is 0 Å². The number of hydrogen-bond acceptors (Lipinski definition) is 4. The largest absolute Gasteiger partial charge is 0.469 e. The van der Waals surface area contributed by atoms with Crippen molar-refractivity contribution in [3.05, 3.63) is 84.4 Å². The van der Waals surface area contributed by atoms with Gasteiger partial charge >= 0.3 is 5.97 Å². The molecular weight excluding hydrogens is 384 g/mol. The lowest BCUT2D eigenvalue weighted by Crippen LogP contribution is -2.31. The van der Waals surface area contributed by atoms with Gasteiger partial charge in [0.2, 0.25) is 0 Å². The van der Waals surface area contributed by atoms with Crippen molar-refractivity contribution >= 4 is 23.3 Å². The average molecular weight is 407 g/mol. The summed E-state index contributed by atoms with van der Waals surface area (Å²) < 4.78 is 6.90. The first-order valence-electron chi connectivity index (χ1n) is 9.45. The molecule has 148 valence electrons. The summed E-state index contributed by atoms with van der Waals surface area (Å²) in [5.41, 5.74) is 3.09. The first kappa shape index (κ1) is 19.1. The molecule has 29 heavy (non-hydrogen) atoms. The number of ether oxygens (including phenoxy) is 1. The molecule has 1 aliphatic rings. The van der Waals surface area contributed by atoms with Crippen LogP contribution < -0.4 is 5.32 Å². The first-order chi connectivity index (χ1) is 14.2. The van der Waals surface area contributed by atoms with Crippen LogP contribution in [0.5, 0.6) is 0 Å². The zero-order valence-corrected chi connectivity index (χ0v) is 16.9. The molecule has 1 fully saturated rings. The number of rotatable bonds is 6. The summed E-state index contributed by atoms with van der Waals surface area (Å²) in [4.78, 5) is 18.3. The minimum Gasteiger partial charge on any atom is -0.469 e. The number of aromatic nitrogens is 2. The van der Waals surface area contributed by atoms with Crippen LogP contribution in [0, 0.1) is 0 Å². The van der Waals surface area contributed by atoms with Gasteiger partial charge in [-0.25, -0.2) is 0 Å². The summed E-state index contributed by atoms with van der Waals surface area (Å²) in [6.07, 6.45) is 6.20. The second kappa shape index (κ2) is 8.45. The summed E-state index contributed by atoms with van der Waals surface area (Å²) in [5, 5.41) is 4.01. The van der Waals surface area contributed by atoms with Crippen molar-refractivity contribution in [2.75, 3.05) is 13.7 Å². The molecule has 1 aromatic carbocycles. The van der Waals surface area contributed by atoms with Crippen LogP contribution in [-0.2, 0) is 9.53 Å². The lowest BCUT2D eigenvalue weighted by molar-refractivity contribution is -0.140. The highest BCUT2D eigenvalue weighted by Gasteiger charge is 2.40. The molecule has 3 heterocycles. The molecule has 6 nitrogen and oxygen atoms in total. The number of carbonyl (C=O) groups is 1. The molecule has 2 aromatic heterocycles. The molecule has 0 saturated carbocycles.